The summed E-state index contributed by atoms with van der Waals surface area (Å²) in [6.07, 6.45) is 0. The number of rotatable bonds is 5. The number of aryl methyl sites for hydroxylation is 2. The number of carbonyl (C=O) groups excluding carboxylic acids is 2. The Balaban J connectivity index is 1.71. The zero-order valence-electron chi connectivity index (χ0n) is 15.8. The van der Waals surface area contributed by atoms with Crippen LogP contribution in [-0.4, -0.2) is 16.8 Å². The number of hydrogen-bond donors (Lipinski definition) is 2. The van der Waals surface area contributed by atoms with Crippen LogP contribution >= 0.6 is 11.6 Å². The highest BCUT2D eigenvalue weighted by Crippen LogP contribution is 2.26. The number of halogens is 1. The predicted molar refractivity (Wildman–Crippen MR) is 108 cm³/mol. The van der Waals surface area contributed by atoms with E-state index >= 15 is 0 Å². The average molecular weight is 398 g/mol. The minimum absolute atomic E-state index is 0.149. The molecular formula is C21H20ClN3O3. The first-order valence-corrected chi connectivity index (χ1v) is 9.10. The van der Waals surface area contributed by atoms with Crippen LogP contribution < -0.4 is 10.6 Å². The Kier molecular flexibility index (Phi) is 5.80. The van der Waals surface area contributed by atoms with Gasteiger partial charge in [0, 0.05) is 28.8 Å². The second-order valence-corrected chi connectivity index (χ2v) is 6.86. The number of benzene rings is 2. The van der Waals surface area contributed by atoms with Crippen LogP contribution in [0.5, 0.6) is 0 Å². The van der Waals surface area contributed by atoms with Crippen molar-refractivity contribution in [1.29, 1.82) is 0 Å². The lowest BCUT2D eigenvalue weighted by atomic mass is 10.1. The summed E-state index contributed by atoms with van der Waals surface area (Å²) in [4.78, 5) is 28.1. The monoisotopic (exact) mass is 397 g/mol. The molecule has 0 saturated heterocycles. The van der Waals surface area contributed by atoms with E-state index in [0.29, 0.717) is 27.9 Å². The van der Waals surface area contributed by atoms with Crippen LogP contribution in [0, 0.1) is 13.8 Å². The summed E-state index contributed by atoms with van der Waals surface area (Å²) in [5, 5.41) is 6.15. The van der Waals surface area contributed by atoms with Gasteiger partial charge < -0.3 is 15.1 Å². The maximum atomic E-state index is 12.5. The van der Waals surface area contributed by atoms with E-state index in [1.807, 2.05) is 26.0 Å². The fraction of sp³-hybridized carbons (Fsp3) is 0.190. The number of aromatic nitrogens is 1. The van der Waals surface area contributed by atoms with Crippen LogP contribution in [0.1, 0.15) is 34.4 Å². The van der Waals surface area contributed by atoms with Crippen molar-refractivity contribution in [2.75, 3.05) is 5.32 Å². The average Bonchev–Trinajstić information content (AvgIpc) is 3.02. The van der Waals surface area contributed by atoms with Gasteiger partial charge in [0.2, 0.25) is 11.8 Å². The Bertz CT molecular complexity index is 1030. The van der Waals surface area contributed by atoms with E-state index in [0.717, 1.165) is 16.8 Å². The molecule has 0 aliphatic carbocycles. The van der Waals surface area contributed by atoms with E-state index in [2.05, 4.69) is 15.6 Å². The Morgan fingerprint density at radius 3 is 2.50 bits per heavy atom. The third kappa shape index (κ3) is 4.58. The molecule has 7 heteroatoms. The topological polar surface area (TPSA) is 84.2 Å². The number of nitrogens with zero attached hydrogens (tertiary/aromatic N) is 1. The summed E-state index contributed by atoms with van der Waals surface area (Å²) in [5.74, 6) is 0.579. The second-order valence-electron chi connectivity index (χ2n) is 6.42. The number of oxazole rings is 1. The molecule has 0 fully saturated rings. The van der Waals surface area contributed by atoms with Crippen molar-refractivity contribution in [3.05, 3.63) is 70.2 Å². The SMILES string of the molecule is CC(=O)Nc1cc(C(=O)NCc2nc(C)c(-c3ccc(Cl)cc3)o2)ccc1C. The Hall–Kier alpha value is -3.12. The quantitative estimate of drug-likeness (QED) is 0.663. The maximum Gasteiger partial charge on any atom is 0.251 e. The number of nitrogens with one attached hydrogen (secondary N) is 2. The van der Waals surface area contributed by atoms with Gasteiger partial charge in [-0.15, -0.1) is 0 Å². The van der Waals surface area contributed by atoms with Gasteiger partial charge in [0.15, 0.2) is 5.76 Å². The normalized spacial score (nSPS) is 10.6. The highest BCUT2D eigenvalue weighted by Gasteiger charge is 2.14. The van der Waals surface area contributed by atoms with Gasteiger partial charge >= 0.3 is 0 Å². The predicted octanol–water partition coefficient (Wildman–Crippen LogP) is 4.50. The van der Waals surface area contributed by atoms with Crippen LogP contribution in [0.15, 0.2) is 46.9 Å². The Morgan fingerprint density at radius 1 is 1.11 bits per heavy atom. The molecule has 2 N–H and O–H groups in total. The third-order valence-corrected chi connectivity index (χ3v) is 4.41. The maximum absolute atomic E-state index is 12.5. The molecule has 0 radical (unpaired) electrons. The number of anilines is 1. The van der Waals surface area contributed by atoms with E-state index in [1.165, 1.54) is 6.92 Å². The first kappa shape index (κ1) is 19.6. The molecule has 1 aromatic heterocycles. The van der Waals surface area contributed by atoms with E-state index in [9.17, 15) is 9.59 Å². The van der Waals surface area contributed by atoms with Crippen molar-refractivity contribution in [3.63, 3.8) is 0 Å². The van der Waals surface area contributed by atoms with Crippen molar-refractivity contribution >= 4 is 29.1 Å². The summed E-state index contributed by atoms with van der Waals surface area (Å²) in [6, 6.07) is 12.4. The number of carbonyl (C=O) groups is 2. The van der Waals surface area contributed by atoms with Gasteiger partial charge in [-0.25, -0.2) is 4.98 Å². The van der Waals surface area contributed by atoms with Crippen LogP contribution in [0.3, 0.4) is 0 Å². The van der Waals surface area contributed by atoms with E-state index < -0.39 is 0 Å². The lowest BCUT2D eigenvalue weighted by molar-refractivity contribution is -0.114. The van der Waals surface area contributed by atoms with Crippen molar-refractivity contribution in [3.8, 4) is 11.3 Å². The van der Waals surface area contributed by atoms with E-state index in [1.54, 1.807) is 30.3 Å². The first-order valence-electron chi connectivity index (χ1n) is 8.72. The van der Waals surface area contributed by atoms with E-state index in [-0.39, 0.29) is 18.4 Å². The molecule has 28 heavy (non-hydrogen) atoms. The fourth-order valence-corrected chi connectivity index (χ4v) is 2.87. The van der Waals surface area contributed by atoms with Crippen molar-refractivity contribution in [1.82, 2.24) is 10.3 Å². The van der Waals surface area contributed by atoms with Gasteiger partial charge in [-0.3, -0.25) is 9.59 Å². The van der Waals surface area contributed by atoms with Gasteiger partial charge in [-0.05, 0) is 55.8 Å². The van der Waals surface area contributed by atoms with Crippen LogP contribution in [-0.2, 0) is 11.3 Å². The lowest BCUT2D eigenvalue weighted by Crippen LogP contribution is -2.23. The smallest absolute Gasteiger partial charge is 0.251 e. The number of hydrogen-bond acceptors (Lipinski definition) is 4. The summed E-state index contributed by atoms with van der Waals surface area (Å²) < 4.78 is 5.80. The van der Waals surface area contributed by atoms with Gasteiger partial charge in [0.1, 0.15) is 0 Å². The Labute approximate surface area is 167 Å². The molecule has 0 bridgehead atoms. The molecule has 0 unspecified atom stereocenters. The standard InChI is InChI=1S/C21H20ClN3O3/c1-12-4-5-16(10-18(12)25-14(3)26)21(27)23-11-19-24-13(2)20(28-19)15-6-8-17(22)9-7-15/h4-10H,11H2,1-3H3,(H,23,27)(H,25,26). The highest BCUT2D eigenvalue weighted by atomic mass is 35.5. The van der Waals surface area contributed by atoms with Crippen molar-refractivity contribution < 1.29 is 14.0 Å². The van der Waals surface area contributed by atoms with Crippen molar-refractivity contribution in [2.24, 2.45) is 0 Å². The molecule has 3 aromatic rings. The first-order chi connectivity index (χ1) is 13.3. The zero-order valence-corrected chi connectivity index (χ0v) is 16.6. The zero-order chi connectivity index (χ0) is 20.3. The lowest BCUT2D eigenvalue weighted by Gasteiger charge is -2.09. The second kappa shape index (κ2) is 8.27. The highest BCUT2D eigenvalue weighted by molar-refractivity contribution is 6.30. The molecule has 0 aliphatic heterocycles. The van der Waals surface area contributed by atoms with Gasteiger partial charge in [0.05, 0.1) is 12.2 Å². The fourth-order valence-electron chi connectivity index (χ4n) is 2.74. The largest absolute Gasteiger partial charge is 0.438 e. The molecule has 6 nitrogen and oxygen atoms in total. The molecule has 0 spiro atoms. The molecule has 0 aliphatic rings. The van der Waals surface area contributed by atoms with Crippen LogP contribution in [0.2, 0.25) is 5.02 Å². The summed E-state index contributed by atoms with van der Waals surface area (Å²) in [7, 11) is 0. The molecule has 3 rings (SSSR count). The summed E-state index contributed by atoms with van der Waals surface area (Å²) >= 11 is 5.92. The van der Waals surface area contributed by atoms with Crippen LogP contribution in [0.25, 0.3) is 11.3 Å². The molecule has 2 amide bonds. The third-order valence-electron chi connectivity index (χ3n) is 4.16. The van der Waals surface area contributed by atoms with Gasteiger partial charge in [-0.2, -0.15) is 0 Å². The van der Waals surface area contributed by atoms with E-state index in [4.69, 9.17) is 16.0 Å². The molecule has 144 valence electrons. The van der Waals surface area contributed by atoms with Crippen LogP contribution in [0.4, 0.5) is 5.69 Å². The summed E-state index contributed by atoms with van der Waals surface area (Å²) in [6.45, 7) is 5.28. The van der Waals surface area contributed by atoms with Gasteiger partial charge in [0.25, 0.3) is 5.91 Å². The minimum atomic E-state index is -0.282. The molecule has 0 saturated carbocycles. The minimum Gasteiger partial charge on any atom is -0.438 e. The number of amides is 2. The Morgan fingerprint density at radius 2 is 1.82 bits per heavy atom. The molecule has 2 aromatic carbocycles. The van der Waals surface area contributed by atoms with Gasteiger partial charge in [-0.1, -0.05) is 17.7 Å². The van der Waals surface area contributed by atoms with Crippen molar-refractivity contribution in [2.45, 2.75) is 27.3 Å². The molecule has 0 atom stereocenters. The molecular weight excluding hydrogens is 378 g/mol. The molecule has 1 heterocycles. The summed E-state index contributed by atoms with van der Waals surface area (Å²) in [5.41, 5.74) is 3.52.